The lowest BCUT2D eigenvalue weighted by Gasteiger charge is -2.18. The Morgan fingerprint density at radius 1 is 1.10 bits per heavy atom. The maximum absolute atomic E-state index is 12.5. The van der Waals surface area contributed by atoms with Crippen molar-refractivity contribution in [2.24, 2.45) is 0 Å². The topological polar surface area (TPSA) is 77.1 Å². The SMILES string of the molecule is COc1cc(CC(=O)Nc2ccc(N3CCCC3=O)c(Cl)c2)cc(OC)c1OC. The predicted octanol–water partition coefficient (Wildman–Crippen LogP) is 3.67. The maximum Gasteiger partial charge on any atom is 0.228 e. The number of hydrogen-bond donors (Lipinski definition) is 1. The van der Waals surface area contributed by atoms with Gasteiger partial charge in [0.15, 0.2) is 11.5 Å². The Morgan fingerprint density at radius 3 is 2.31 bits per heavy atom. The maximum atomic E-state index is 12.5. The number of anilines is 2. The Hall–Kier alpha value is -2.93. The van der Waals surface area contributed by atoms with Gasteiger partial charge in [0, 0.05) is 18.7 Å². The fourth-order valence-corrected chi connectivity index (χ4v) is 3.62. The molecule has 7 nitrogen and oxygen atoms in total. The number of carbonyl (C=O) groups excluding carboxylic acids is 2. The molecule has 1 fully saturated rings. The summed E-state index contributed by atoms with van der Waals surface area (Å²) in [4.78, 5) is 26.1. The third kappa shape index (κ3) is 4.56. The number of methoxy groups -OCH3 is 3. The van der Waals surface area contributed by atoms with Crippen molar-refractivity contribution in [3.05, 3.63) is 40.9 Å². The molecule has 2 aromatic carbocycles. The van der Waals surface area contributed by atoms with Crippen LogP contribution in [0.25, 0.3) is 0 Å². The van der Waals surface area contributed by atoms with Crippen LogP contribution in [0.3, 0.4) is 0 Å². The van der Waals surface area contributed by atoms with Crippen LogP contribution >= 0.6 is 11.6 Å². The smallest absolute Gasteiger partial charge is 0.228 e. The lowest BCUT2D eigenvalue weighted by Crippen LogP contribution is -2.24. The summed E-state index contributed by atoms with van der Waals surface area (Å²) in [6.07, 6.45) is 1.47. The zero-order chi connectivity index (χ0) is 21.0. The zero-order valence-corrected chi connectivity index (χ0v) is 17.3. The lowest BCUT2D eigenvalue weighted by atomic mass is 10.1. The summed E-state index contributed by atoms with van der Waals surface area (Å²) in [7, 11) is 4.57. The van der Waals surface area contributed by atoms with E-state index >= 15 is 0 Å². The highest BCUT2D eigenvalue weighted by Gasteiger charge is 2.23. The first-order valence-corrected chi connectivity index (χ1v) is 9.53. The minimum atomic E-state index is -0.222. The van der Waals surface area contributed by atoms with Crippen LogP contribution in [-0.4, -0.2) is 39.7 Å². The first kappa shape index (κ1) is 20.8. The monoisotopic (exact) mass is 418 g/mol. The molecular formula is C21H23ClN2O5. The number of halogens is 1. The van der Waals surface area contributed by atoms with Gasteiger partial charge in [-0.3, -0.25) is 9.59 Å². The van der Waals surface area contributed by atoms with E-state index in [1.165, 1.54) is 21.3 Å². The summed E-state index contributed by atoms with van der Waals surface area (Å²) in [5.41, 5.74) is 1.93. The van der Waals surface area contributed by atoms with Crippen LogP contribution in [0.1, 0.15) is 18.4 Å². The molecule has 29 heavy (non-hydrogen) atoms. The molecule has 0 bridgehead atoms. The third-order valence-electron chi connectivity index (χ3n) is 4.68. The van der Waals surface area contributed by atoms with Crippen molar-refractivity contribution in [2.75, 3.05) is 38.1 Å². The molecule has 1 N–H and O–H groups in total. The molecule has 1 heterocycles. The van der Waals surface area contributed by atoms with Gasteiger partial charge in [-0.15, -0.1) is 0 Å². The van der Waals surface area contributed by atoms with E-state index < -0.39 is 0 Å². The number of nitrogens with zero attached hydrogens (tertiary/aromatic N) is 1. The second-order valence-corrected chi connectivity index (χ2v) is 6.98. The molecule has 0 aromatic heterocycles. The van der Waals surface area contributed by atoms with Crippen molar-refractivity contribution in [1.82, 2.24) is 0 Å². The van der Waals surface area contributed by atoms with Crippen LogP contribution < -0.4 is 24.4 Å². The molecule has 1 aliphatic heterocycles. The second kappa shape index (κ2) is 9.05. The second-order valence-electron chi connectivity index (χ2n) is 6.57. The number of ether oxygens (including phenoxy) is 3. The predicted molar refractivity (Wildman–Crippen MR) is 111 cm³/mol. The summed E-state index contributed by atoms with van der Waals surface area (Å²) in [6, 6.07) is 8.60. The van der Waals surface area contributed by atoms with Gasteiger partial charge in [0.2, 0.25) is 17.6 Å². The van der Waals surface area contributed by atoms with Crippen LogP contribution in [0.2, 0.25) is 5.02 Å². The number of hydrogen-bond acceptors (Lipinski definition) is 5. The van der Waals surface area contributed by atoms with Crippen molar-refractivity contribution in [3.8, 4) is 17.2 Å². The van der Waals surface area contributed by atoms with Crippen LogP contribution in [0.5, 0.6) is 17.2 Å². The highest BCUT2D eigenvalue weighted by molar-refractivity contribution is 6.34. The van der Waals surface area contributed by atoms with Crippen LogP contribution in [0, 0.1) is 0 Å². The number of benzene rings is 2. The van der Waals surface area contributed by atoms with Gasteiger partial charge in [-0.2, -0.15) is 0 Å². The molecule has 0 radical (unpaired) electrons. The van der Waals surface area contributed by atoms with Gasteiger partial charge >= 0.3 is 0 Å². The molecule has 8 heteroatoms. The van der Waals surface area contributed by atoms with E-state index in [0.717, 1.165) is 6.42 Å². The normalized spacial score (nSPS) is 13.4. The summed E-state index contributed by atoms with van der Waals surface area (Å²) >= 11 is 6.34. The number of nitrogens with one attached hydrogen (secondary N) is 1. The van der Waals surface area contributed by atoms with Gasteiger partial charge in [0.05, 0.1) is 38.5 Å². The van der Waals surface area contributed by atoms with Gasteiger partial charge in [0.25, 0.3) is 0 Å². The summed E-state index contributed by atoms with van der Waals surface area (Å²) in [5.74, 6) is 1.28. The number of carbonyl (C=O) groups is 2. The van der Waals surface area contributed by atoms with E-state index in [1.54, 1.807) is 35.2 Å². The van der Waals surface area contributed by atoms with Crippen molar-refractivity contribution in [1.29, 1.82) is 0 Å². The third-order valence-corrected chi connectivity index (χ3v) is 4.99. The van der Waals surface area contributed by atoms with E-state index in [4.69, 9.17) is 25.8 Å². The van der Waals surface area contributed by atoms with Crippen molar-refractivity contribution in [3.63, 3.8) is 0 Å². The highest BCUT2D eigenvalue weighted by Crippen LogP contribution is 2.38. The van der Waals surface area contributed by atoms with Crippen molar-refractivity contribution >= 4 is 34.8 Å². The van der Waals surface area contributed by atoms with Gasteiger partial charge in [-0.05, 0) is 42.3 Å². The molecule has 1 aliphatic rings. The molecule has 0 unspecified atom stereocenters. The first-order chi connectivity index (χ1) is 14.0. The largest absolute Gasteiger partial charge is 0.493 e. The highest BCUT2D eigenvalue weighted by atomic mass is 35.5. The van der Waals surface area contributed by atoms with E-state index in [9.17, 15) is 9.59 Å². The molecule has 0 aliphatic carbocycles. The quantitative estimate of drug-likeness (QED) is 0.742. The van der Waals surface area contributed by atoms with Crippen LogP contribution in [0.15, 0.2) is 30.3 Å². The molecule has 0 atom stereocenters. The van der Waals surface area contributed by atoms with E-state index in [1.807, 2.05) is 0 Å². The van der Waals surface area contributed by atoms with Crippen LogP contribution in [-0.2, 0) is 16.0 Å². The molecule has 0 spiro atoms. The summed E-state index contributed by atoms with van der Waals surface area (Å²) < 4.78 is 15.9. The standard InChI is InChI=1S/C21H23ClN2O5/c1-27-17-9-13(10-18(28-2)21(17)29-3)11-19(25)23-14-6-7-16(15(22)12-14)24-8-4-5-20(24)26/h6-7,9-10,12H,4-5,8,11H2,1-3H3,(H,23,25). The first-order valence-electron chi connectivity index (χ1n) is 9.15. The van der Waals surface area contributed by atoms with E-state index in [2.05, 4.69) is 5.32 Å². The van der Waals surface area contributed by atoms with Crippen LogP contribution in [0.4, 0.5) is 11.4 Å². The zero-order valence-electron chi connectivity index (χ0n) is 16.6. The van der Waals surface area contributed by atoms with Gasteiger partial charge in [-0.25, -0.2) is 0 Å². The molecule has 3 rings (SSSR count). The molecule has 154 valence electrons. The van der Waals surface area contributed by atoms with E-state index in [-0.39, 0.29) is 18.2 Å². The lowest BCUT2D eigenvalue weighted by molar-refractivity contribution is -0.117. The van der Waals surface area contributed by atoms with Gasteiger partial charge in [0.1, 0.15) is 0 Å². The number of amides is 2. The fourth-order valence-electron chi connectivity index (χ4n) is 3.33. The van der Waals surface area contributed by atoms with Crippen molar-refractivity contribution in [2.45, 2.75) is 19.3 Å². The molecule has 2 aromatic rings. The average molecular weight is 419 g/mol. The minimum absolute atomic E-state index is 0.0612. The summed E-state index contributed by atoms with van der Waals surface area (Å²) in [6.45, 7) is 0.658. The Bertz CT molecular complexity index is 906. The van der Waals surface area contributed by atoms with Crippen molar-refractivity contribution < 1.29 is 23.8 Å². The summed E-state index contributed by atoms with van der Waals surface area (Å²) in [5, 5.41) is 3.25. The Balaban J connectivity index is 1.72. The van der Waals surface area contributed by atoms with Gasteiger partial charge < -0.3 is 24.4 Å². The fraction of sp³-hybridized carbons (Fsp3) is 0.333. The average Bonchev–Trinajstić information content (AvgIpc) is 3.12. The Kier molecular flexibility index (Phi) is 6.49. The van der Waals surface area contributed by atoms with Gasteiger partial charge in [-0.1, -0.05) is 11.6 Å². The molecule has 2 amide bonds. The van der Waals surface area contributed by atoms with E-state index in [0.29, 0.717) is 52.2 Å². The molecule has 0 saturated carbocycles. The Labute approximate surface area is 174 Å². The Morgan fingerprint density at radius 2 is 1.79 bits per heavy atom. The number of rotatable bonds is 7. The molecular weight excluding hydrogens is 396 g/mol. The molecule has 1 saturated heterocycles. The minimum Gasteiger partial charge on any atom is -0.493 e.